The van der Waals surface area contributed by atoms with Crippen molar-refractivity contribution in [2.24, 2.45) is 7.05 Å². The summed E-state index contributed by atoms with van der Waals surface area (Å²) in [7, 11) is -0.539. The van der Waals surface area contributed by atoms with E-state index in [9.17, 15) is 13.2 Å². The van der Waals surface area contributed by atoms with Crippen LogP contribution in [0.15, 0.2) is 53.1 Å². The molecule has 0 radical (unpaired) electrons. The molecule has 1 aromatic carbocycles. The number of aliphatic carboxylic acids is 1. The number of carboxylic acids is 1. The summed E-state index contributed by atoms with van der Waals surface area (Å²) in [5, 5.41) is 13.8. The number of hydrogen-bond acceptors (Lipinski definition) is 6. The van der Waals surface area contributed by atoms with E-state index >= 15 is 0 Å². The number of fused-ring (bicyclic) bond motifs is 1. The van der Waals surface area contributed by atoms with E-state index in [1.807, 2.05) is 6.20 Å². The third-order valence-corrected chi connectivity index (χ3v) is 8.03. The molecular formula is C20H19N3O5S2. The number of hydrogen-bond donors (Lipinski definition) is 1. The fourth-order valence-corrected chi connectivity index (χ4v) is 6.03. The van der Waals surface area contributed by atoms with Gasteiger partial charge in [-0.15, -0.1) is 11.3 Å². The maximum Gasteiger partial charge on any atom is 0.303 e. The molecule has 0 amide bonds. The lowest BCUT2D eigenvalue weighted by Crippen LogP contribution is -2.10. The first-order valence-corrected chi connectivity index (χ1v) is 11.3. The van der Waals surface area contributed by atoms with E-state index in [-0.39, 0.29) is 17.1 Å². The van der Waals surface area contributed by atoms with Crippen molar-refractivity contribution >= 4 is 38.2 Å². The molecule has 0 aliphatic rings. The first-order valence-electron chi connectivity index (χ1n) is 9.04. The van der Waals surface area contributed by atoms with Crippen molar-refractivity contribution < 1.29 is 23.1 Å². The minimum Gasteiger partial charge on any atom is -0.497 e. The van der Waals surface area contributed by atoms with Gasteiger partial charge in [0.15, 0.2) is 0 Å². The smallest absolute Gasteiger partial charge is 0.303 e. The van der Waals surface area contributed by atoms with E-state index in [1.54, 1.807) is 48.3 Å². The maximum atomic E-state index is 13.4. The molecule has 0 saturated heterocycles. The third-order valence-electron chi connectivity index (χ3n) is 4.75. The van der Waals surface area contributed by atoms with Gasteiger partial charge in [0.2, 0.25) is 0 Å². The Hall–Kier alpha value is -3.11. The number of nitrogens with zero attached hydrogens (tertiary/aromatic N) is 3. The van der Waals surface area contributed by atoms with Crippen LogP contribution in [0.5, 0.6) is 5.75 Å². The van der Waals surface area contributed by atoms with E-state index in [0.29, 0.717) is 22.2 Å². The van der Waals surface area contributed by atoms with Crippen molar-refractivity contribution in [3.8, 4) is 16.2 Å². The summed E-state index contributed by atoms with van der Waals surface area (Å²) in [4.78, 5) is 11.8. The molecule has 0 unspecified atom stereocenters. The Morgan fingerprint density at radius 2 is 2.03 bits per heavy atom. The lowest BCUT2D eigenvalue weighted by Gasteiger charge is -2.06. The van der Waals surface area contributed by atoms with Crippen molar-refractivity contribution in [1.82, 2.24) is 13.8 Å². The summed E-state index contributed by atoms with van der Waals surface area (Å²) < 4.78 is 35.1. The van der Waals surface area contributed by atoms with Crippen LogP contribution < -0.4 is 4.74 Å². The summed E-state index contributed by atoms with van der Waals surface area (Å²) in [6.07, 6.45) is 5.13. The van der Waals surface area contributed by atoms with Crippen LogP contribution in [0.25, 0.3) is 21.3 Å². The minimum absolute atomic E-state index is 0.0967. The number of carbonyl (C=O) groups is 1. The zero-order valence-electron chi connectivity index (χ0n) is 16.3. The van der Waals surface area contributed by atoms with Crippen LogP contribution in [-0.4, -0.2) is 40.4 Å². The highest BCUT2D eigenvalue weighted by Crippen LogP contribution is 2.34. The first-order chi connectivity index (χ1) is 14.3. The quantitative estimate of drug-likeness (QED) is 0.468. The highest BCUT2D eigenvalue weighted by Gasteiger charge is 2.24. The molecule has 0 saturated carbocycles. The molecule has 8 nitrogen and oxygen atoms in total. The molecule has 0 aliphatic heterocycles. The van der Waals surface area contributed by atoms with Crippen molar-refractivity contribution in [3.05, 3.63) is 54.5 Å². The predicted octanol–water partition coefficient (Wildman–Crippen LogP) is 3.37. The van der Waals surface area contributed by atoms with Gasteiger partial charge in [-0.2, -0.15) is 13.5 Å². The average Bonchev–Trinajstić information content (AvgIpc) is 3.44. The van der Waals surface area contributed by atoms with Crippen molar-refractivity contribution in [2.75, 3.05) is 7.11 Å². The van der Waals surface area contributed by atoms with Crippen LogP contribution in [0.1, 0.15) is 12.0 Å². The van der Waals surface area contributed by atoms with Crippen LogP contribution in [-0.2, 0) is 28.3 Å². The number of ether oxygens (including phenoxy) is 1. The molecule has 0 aliphatic carbocycles. The lowest BCUT2D eigenvalue weighted by molar-refractivity contribution is -0.136. The number of aryl methyl sites for hydroxylation is 2. The highest BCUT2D eigenvalue weighted by atomic mass is 32.2. The van der Waals surface area contributed by atoms with Gasteiger partial charge in [-0.05, 0) is 42.3 Å². The van der Waals surface area contributed by atoms with Crippen LogP contribution in [0.3, 0.4) is 0 Å². The van der Waals surface area contributed by atoms with Crippen LogP contribution >= 0.6 is 11.3 Å². The topological polar surface area (TPSA) is 103 Å². The fraction of sp³-hybridized carbons (Fsp3) is 0.200. The monoisotopic (exact) mass is 445 g/mol. The molecule has 0 spiro atoms. The molecule has 0 bridgehead atoms. The molecule has 4 rings (SSSR count). The van der Waals surface area contributed by atoms with Gasteiger partial charge in [-0.3, -0.25) is 9.48 Å². The number of methoxy groups -OCH3 is 1. The van der Waals surface area contributed by atoms with Gasteiger partial charge in [-0.1, -0.05) is 0 Å². The largest absolute Gasteiger partial charge is 0.497 e. The molecule has 1 N–H and O–H groups in total. The zero-order chi connectivity index (χ0) is 21.5. The second-order valence-corrected chi connectivity index (χ2v) is 9.88. The standard InChI is InChI=1S/C20H19N3O5S2/c1-22-11-14(10-21-22)18-6-8-20(29-18)30(26,27)23-12-13(3-7-19(24)25)16-9-15(28-2)4-5-17(16)23/h4-6,8-12H,3,7H2,1-2H3,(H,24,25). The SMILES string of the molecule is COc1ccc2c(c1)c(CCC(=O)O)cn2S(=O)(=O)c1ccc(-c2cnn(C)c2)s1. The molecule has 3 heterocycles. The number of benzene rings is 1. The number of aromatic nitrogens is 3. The molecule has 156 valence electrons. The van der Waals surface area contributed by atoms with Crippen LogP contribution in [0.2, 0.25) is 0 Å². The summed E-state index contributed by atoms with van der Waals surface area (Å²) in [5.41, 5.74) is 1.96. The maximum absolute atomic E-state index is 13.4. The normalized spacial score (nSPS) is 11.8. The van der Waals surface area contributed by atoms with Crippen molar-refractivity contribution in [2.45, 2.75) is 17.1 Å². The summed E-state index contributed by atoms with van der Waals surface area (Å²) in [5.74, 6) is -0.370. The number of rotatable bonds is 7. The molecule has 0 fully saturated rings. The Bertz CT molecular complexity index is 1350. The average molecular weight is 446 g/mol. The Labute approximate surface area is 177 Å². The number of carboxylic acid groups (broad SMARTS) is 1. The molecular weight excluding hydrogens is 426 g/mol. The van der Waals surface area contributed by atoms with Crippen molar-refractivity contribution in [1.29, 1.82) is 0 Å². The minimum atomic E-state index is -3.86. The second-order valence-electron chi connectivity index (χ2n) is 6.75. The second kappa shape index (κ2) is 7.62. The summed E-state index contributed by atoms with van der Waals surface area (Å²) in [6.45, 7) is 0. The van der Waals surface area contributed by atoms with E-state index in [0.717, 1.165) is 21.8 Å². The first kappa shape index (κ1) is 20.2. The zero-order valence-corrected chi connectivity index (χ0v) is 17.9. The Morgan fingerprint density at radius 3 is 2.70 bits per heavy atom. The van der Waals surface area contributed by atoms with E-state index in [2.05, 4.69) is 5.10 Å². The molecule has 10 heteroatoms. The molecule has 0 atom stereocenters. The molecule has 30 heavy (non-hydrogen) atoms. The fourth-order valence-electron chi connectivity index (χ4n) is 3.27. The Balaban J connectivity index is 1.81. The summed E-state index contributed by atoms with van der Waals surface area (Å²) in [6, 6.07) is 8.42. The van der Waals surface area contributed by atoms with Gasteiger partial charge < -0.3 is 9.84 Å². The lowest BCUT2D eigenvalue weighted by atomic mass is 10.1. The number of thiophene rings is 1. The Kier molecular flexibility index (Phi) is 5.12. The molecule has 3 aromatic heterocycles. The van der Waals surface area contributed by atoms with E-state index in [4.69, 9.17) is 9.84 Å². The van der Waals surface area contributed by atoms with Crippen LogP contribution in [0, 0.1) is 0 Å². The summed E-state index contributed by atoms with van der Waals surface area (Å²) >= 11 is 1.16. The third kappa shape index (κ3) is 3.59. The predicted molar refractivity (Wildman–Crippen MR) is 114 cm³/mol. The molecule has 4 aromatic rings. The van der Waals surface area contributed by atoms with Gasteiger partial charge >= 0.3 is 5.97 Å². The van der Waals surface area contributed by atoms with Gasteiger partial charge in [0.25, 0.3) is 10.0 Å². The van der Waals surface area contributed by atoms with Crippen LogP contribution in [0.4, 0.5) is 0 Å². The van der Waals surface area contributed by atoms with Gasteiger partial charge in [0.1, 0.15) is 9.96 Å². The van der Waals surface area contributed by atoms with Gasteiger partial charge in [0.05, 0.1) is 18.8 Å². The highest BCUT2D eigenvalue weighted by molar-refractivity contribution is 7.92. The Morgan fingerprint density at radius 1 is 1.23 bits per heavy atom. The van der Waals surface area contributed by atoms with Gasteiger partial charge in [-0.25, -0.2) is 3.97 Å². The van der Waals surface area contributed by atoms with Gasteiger partial charge in [0, 0.05) is 41.7 Å². The van der Waals surface area contributed by atoms with E-state index in [1.165, 1.54) is 17.3 Å². The van der Waals surface area contributed by atoms with E-state index < -0.39 is 16.0 Å². The van der Waals surface area contributed by atoms with Crippen molar-refractivity contribution in [3.63, 3.8) is 0 Å².